The van der Waals surface area contributed by atoms with Crippen molar-refractivity contribution in [2.75, 3.05) is 24.6 Å². The number of benzene rings is 3. The quantitative estimate of drug-likeness (QED) is 0.0244. The van der Waals surface area contributed by atoms with Crippen LogP contribution in [0.2, 0.25) is 0 Å². The lowest BCUT2D eigenvalue weighted by atomic mass is 9.85. The van der Waals surface area contributed by atoms with Crippen molar-refractivity contribution >= 4 is 116 Å². The topological polar surface area (TPSA) is 459 Å². The number of aromatic hydroxyl groups is 1. The highest BCUT2D eigenvalue weighted by molar-refractivity contribution is 7.98. The number of hydrogen-bond acceptors (Lipinski definition) is 19. The predicted molar refractivity (Wildman–Crippen MR) is 377 cm³/mol. The Morgan fingerprint density at radius 2 is 1.14 bits per heavy atom. The number of imidazole rings is 1. The molecule has 2 heterocycles. The first-order valence-corrected chi connectivity index (χ1v) is 35.7. The minimum Gasteiger partial charge on any atom is -0.508 e. The third-order valence-electron chi connectivity index (χ3n) is 15.2. The number of para-hydroxylation sites is 1. The standard InChI is InChI=1S/C67H93N15O14S3/c1-8-14-45(59(68)89)74-55(88)33-71-54(87)32-72-61(91)46(15-9-2)77-63(93)49(30-56-76-44-19-11-12-20-51(44)99-56)79-65(95)57(38(4)83)82-64(94)48(29-42-31-70-37-73-42)78-62(92)47(28-39-21-23-43(84)24-22-39)80-66(96)58(67(5,6)7)81-53(86)25-26-97-34-40-17-13-18-41(27-40)35-98-36-50(60(69)90)75-52(85)16-10-3/h11-13,17-24,27,31,37-38,45-50,57-58,83-84H,8-10,14-16,25-26,28-30,32-36H2,1-7H3,(H2,68,89)(H2,69,90)(H,70,73)(H,71,87)(H,72,91)(H,74,88)(H,75,85)(H,77,93)(H,78,92)(H,79,95)(H,80,96)(H,81,86)(H,82,94)/t38-,45+,46+,47+,48+,49+,50+,57+,58?/m1/s1. The summed E-state index contributed by atoms with van der Waals surface area (Å²) in [6, 6.07) is 10.3. The molecule has 2 aromatic heterocycles. The van der Waals surface area contributed by atoms with Crippen LogP contribution >= 0.6 is 34.9 Å². The van der Waals surface area contributed by atoms with E-state index in [0.29, 0.717) is 70.5 Å². The molecule has 0 aliphatic rings. The molecule has 5 aromatic rings. The zero-order chi connectivity index (χ0) is 72.8. The van der Waals surface area contributed by atoms with Gasteiger partial charge in [0.15, 0.2) is 0 Å². The molecule has 0 saturated heterocycles. The van der Waals surface area contributed by atoms with E-state index in [0.717, 1.165) is 15.8 Å². The van der Waals surface area contributed by atoms with Crippen molar-refractivity contribution in [3.8, 4) is 5.75 Å². The molecule has 32 heteroatoms. The number of hydrogen-bond donors (Lipinski definition) is 15. The molecule has 5 rings (SSSR count). The van der Waals surface area contributed by atoms with E-state index in [9.17, 15) is 67.7 Å². The Bertz CT molecular complexity index is 3520. The second kappa shape index (κ2) is 40.7. The number of rotatable bonds is 42. The van der Waals surface area contributed by atoms with E-state index < -0.39 is 138 Å². The number of primary amides is 2. The Morgan fingerprint density at radius 3 is 1.76 bits per heavy atom. The Hall–Kier alpha value is -9.14. The van der Waals surface area contributed by atoms with Crippen LogP contribution in [0.4, 0.5) is 0 Å². The maximum absolute atomic E-state index is 14.8. The van der Waals surface area contributed by atoms with Gasteiger partial charge in [-0.1, -0.05) is 103 Å². The molecule has 0 bridgehead atoms. The Morgan fingerprint density at radius 1 is 0.566 bits per heavy atom. The first-order chi connectivity index (χ1) is 47.1. The van der Waals surface area contributed by atoms with Gasteiger partial charge in [-0.3, -0.25) is 57.5 Å². The number of aliphatic hydroxyl groups excluding tert-OH is 1. The van der Waals surface area contributed by atoms with Gasteiger partial charge in [0.1, 0.15) is 54.1 Å². The number of phenols is 1. The first-order valence-electron chi connectivity index (χ1n) is 32.6. The van der Waals surface area contributed by atoms with Crippen molar-refractivity contribution in [3.05, 3.63) is 113 Å². The van der Waals surface area contributed by atoms with Gasteiger partial charge in [-0.15, -0.1) is 11.3 Å². The summed E-state index contributed by atoms with van der Waals surface area (Å²) in [4.78, 5) is 173. The predicted octanol–water partition coefficient (Wildman–Crippen LogP) is 1.22. The molecule has 538 valence electrons. The molecule has 12 amide bonds. The van der Waals surface area contributed by atoms with Gasteiger partial charge in [-0.25, -0.2) is 9.97 Å². The maximum Gasteiger partial charge on any atom is 0.245 e. The summed E-state index contributed by atoms with van der Waals surface area (Å²) in [7, 11) is 0. The molecule has 0 aliphatic carbocycles. The van der Waals surface area contributed by atoms with Gasteiger partial charge in [0.25, 0.3) is 0 Å². The number of amides is 12. The number of thiazole rings is 1. The van der Waals surface area contributed by atoms with Crippen molar-refractivity contribution in [2.45, 2.75) is 179 Å². The number of thioether (sulfide) groups is 2. The molecule has 0 fully saturated rings. The highest BCUT2D eigenvalue weighted by atomic mass is 32.2. The van der Waals surface area contributed by atoms with Crippen LogP contribution in [0.1, 0.15) is 121 Å². The third-order valence-corrected chi connectivity index (χ3v) is 18.4. The van der Waals surface area contributed by atoms with Crippen LogP contribution in [0.5, 0.6) is 5.75 Å². The third kappa shape index (κ3) is 28.0. The number of nitrogens with zero attached hydrogens (tertiary/aromatic N) is 2. The molecule has 29 nitrogen and oxygen atoms in total. The van der Waals surface area contributed by atoms with Gasteiger partial charge < -0.3 is 79.8 Å². The summed E-state index contributed by atoms with van der Waals surface area (Å²) in [5.41, 5.74) is 13.4. The SMILES string of the molecule is CCCC(=O)N[C@@H](CSCc1cccc(CSCCC(=O)NC(C(=O)N[C@@H](Cc2ccc(O)cc2)C(=O)N[C@@H](Cc2cnc[nH]2)C(=O)N[C@H](C(=O)N[C@@H](Cc2nc3ccccc3s2)C(=O)N[C@@H](CCC)C(=O)NCC(=O)NCC(=O)N[C@@H](CCC)C(N)=O)[C@@H](C)O)C(C)(C)C)c1)C(N)=O. The average Bonchev–Trinajstić information content (AvgIpc) is 1.67. The van der Waals surface area contributed by atoms with Crippen LogP contribution in [0.3, 0.4) is 0 Å². The largest absolute Gasteiger partial charge is 0.508 e. The van der Waals surface area contributed by atoms with Crippen molar-refractivity contribution in [1.29, 1.82) is 0 Å². The van der Waals surface area contributed by atoms with Crippen LogP contribution < -0.4 is 64.6 Å². The molecule has 0 saturated carbocycles. The summed E-state index contributed by atoms with van der Waals surface area (Å²) >= 11 is 4.19. The van der Waals surface area contributed by atoms with Crippen molar-refractivity contribution in [1.82, 2.24) is 68.1 Å². The summed E-state index contributed by atoms with van der Waals surface area (Å²) in [5, 5.41) is 47.8. The van der Waals surface area contributed by atoms with Gasteiger partial charge in [0, 0.05) is 67.0 Å². The lowest BCUT2D eigenvalue weighted by Crippen LogP contribution is -2.62. The fraction of sp³-hybridized carbons (Fsp3) is 0.493. The number of nitrogens with two attached hydrogens (primary N) is 2. The summed E-state index contributed by atoms with van der Waals surface area (Å²) in [5.74, 6) is -7.10. The van der Waals surface area contributed by atoms with E-state index >= 15 is 0 Å². The lowest BCUT2D eigenvalue weighted by Gasteiger charge is -2.32. The van der Waals surface area contributed by atoms with E-state index in [4.69, 9.17) is 11.5 Å². The minimum absolute atomic E-state index is 0.0262. The van der Waals surface area contributed by atoms with Crippen LogP contribution in [0, 0.1) is 5.41 Å². The monoisotopic (exact) mass is 1430 g/mol. The summed E-state index contributed by atoms with van der Waals surface area (Å²) in [6.07, 6.45) is 2.60. The molecular formula is C67H93N15O14S3. The highest BCUT2D eigenvalue weighted by Gasteiger charge is 2.38. The molecule has 17 N–H and O–H groups in total. The first kappa shape index (κ1) is 80.5. The van der Waals surface area contributed by atoms with Crippen molar-refractivity contribution in [2.24, 2.45) is 16.9 Å². The smallest absolute Gasteiger partial charge is 0.245 e. The van der Waals surface area contributed by atoms with Crippen molar-refractivity contribution in [3.63, 3.8) is 0 Å². The van der Waals surface area contributed by atoms with Gasteiger partial charge in [0.2, 0.25) is 70.9 Å². The Labute approximate surface area is 587 Å². The molecule has 3 aromatic carbocycles. The summed E-state index contributed by atoms with van der Waals surface area (Å²) in [6.45, 7) is 10.7. The number of nitrogens with one attached hydrogen (secondary N) is 11. The van der Waals surface area contributed by atoms with Crippen LogP contribution in [-0.2, 0) is 88.3 Å². The second-order valence-corrected chi connectivity index (χ2v) is 28.0. The number of carbonyl (C=O) groups is 12. The van der Waals surface area contributed by atoms with E-state index in [-0.39, 0.29) is 50.2 Å². The number of aromatic nitrogens is 3. The van der Waals surface area contributed by atoms with Gasteiger partial charge in [0.05, 0.1) is 40.7 Å². The minimum atomic E-state index is -1.81. The lowest BCUT2D eigenvalue weighted by molar-refractivity contribution is -0.137. The number of aliphatic hydroxyl groups is 1. The molecule has 99 heavy (non-hydrogen) atoms. The molecule has 0 aliphatic heterocycles. The number of H-pyrrole nitrogens is 1. The fourth-order valence-corrected chi connectivity index (χ4v) is 12.9. The number of phenolic OH excluding ortho intramolecular Hbond substituents is 1. The molecule has 0 radical (unpaired) electrons. The number of aromatic amines is 1. The zero-order valence-corrected chi connectivity index (χ0v) is 59.1. The molecule has 9 atom stereocenters. The Balaban J connectivity index is 1.29. The summed E-state index contributed by atoms with van der Waals surface area (Å²) < 4.78 is 0.757. The molecule has 1 unspecified atom stereocenters. The normalized spacial score (nSPS) is 14.0. The van der Waals surface area contributed by atoms with E-state index in [1.807, 2.05) is 37.3 Å². The van der Waals surface area contributed by atoms with E-state index in [2.05, 4.69) is 68.1 Å². The van der Waals surface area contributed by atoms with Gasteiger partial charge in [-0.05, 0) is 72.6 Å². The zero-order valence-electron chi connectivity index (χ0n) is 56.7. The second-order valence-electron chi connectivity index (χ2n) is 24.8. The maximum atomic E-state index is 14.8. The van der Waals surface area contributed by atoms with Gasteiger partial charge >= 0.3 is 0 Å². The fourth-order valence-electron chi connectivity index (χ4n) is 9.98. The van der Waals surface area contributed by atoms with Crippen LogP contribution in [-0.4, -0.2) is 175 Å². The number of fused-ring (bicyclic) bond motifs is 1. The van der Waals surface area contributed by atoms with Gasteiger partial charge in [-0.2, -0.15) is 23.5 Å². The highest BCUT2D eigenvalue weighted by Crippen LogP contribution is 2.25. The van der Waals surface area contributed by atoms with Crippen LogP contribution in [0.25, 0.3) is 10.2 Å². The Kier molecular flexibility index (Phi) is 33.1. The van der Waals surface area contributed by atoms with Crippen molar-refractivity contribution < 1.29 is 67.7 Å². The molecule has 0 spiro atoms. The average molecular weight is 1430 g/mol. The van der Waals surface area contributed by atoms with E-state index in [1.165, 1.54) is 78.6 Å². The van der Waals surface area contributed by atoms with E-state index in [1.54, 1.807) is 52.8 Å². The molecular weight excluding hydrogens is 1340 g/mol. The number of carbonyl (C=O) groups excluding carboxylic acids is 12. The van der Waals surface area contributed by atoms with Crippen LogP contribution in [0.15, 0.2) is 85.3 Å².